The molecule has 2 aliphatic heterocycles. The van der Waals surface area contributed by atoms with E-state index in [1.807, 2.05) is 7.05 Å². The number of methoxy groups -OCH3 is 1. The smallest absolute Gasteiger partial charge is 0.191 e. The van der Waals surface area contributed by atoms with Crippen LogP contribution in [0.2, 0.25) is 0 Å². The first-order valence-corrected chi connectivity index (χ1v) is 10.8. The fourth-order valence-electron chi connectivity index (χ4n) is 4.18. The average Bonchev–Trinajstić information content (AvgIpc) is 2.77. The van der Waals surface area contributed by atoms with Gasteiger partial charge in [-0.2, -0.15) is 0 Å². The summed E-state index contributed by atoms with van der Waals surface area (Å²) in [5.41, 5.74) is 1.33. The number of hydrogen-bond acceptors (Lipinski definition) is 4. The number of benzene rings is 1. The summed E-state index contributed by atoms with van der Waals surface area (Å²) in [7, 11) is 3.66. The average molecular weight is 388 g/mol. The van der Waals surface area contributed by atoms with Crippen LogP contribution in [0.1, 0.15) is 25.7 Å². The molecular formula is C22H37N5O. The fraction of sp³-hybridized carbons (Fsp3) is 0.682. The highest BCUT2D eigenvalue weighted by molar-refractivity contribution is 5.80. The van der Waals surface area contributed by atoms with E-state index in [2.05, 4.69) is 55.8 Å². The molecule has 0 aliphatic carbocycles. The minimum atomic E-state index is 0.502. The molecule has 2 heterocycles. The zero-order valence-electron chi connectivity index (χ0n) is 17.6. The maximum absolute atomic E-state index is 5.19. The van der Waals surface area contributed by atoms with Crippen LogP contribution in [0.4, 0.5) is 5.69 Å². The van der Waals surface area contributed by atoms with E-state index in [1.54, 1.807) is 7.11 Å². The molecule has 0 unspecified atom stereocenters. The normalized spacial score (nSPS) is 20.4. The van der Waals surface area contributed by atoms with Crippen molar-refractivity contribution >= 4 is 11.6 Å². The molecule has 2 saturated heterocycles. The highest BCUT2D eigenvalue weighted by atomic mass is 16.5. The highest BCUT2D eigenvalue weighted by Crippen LogP contribution is 2.19. The Bertz CT molecular complexity index is 578. The van der Waals surface area contributed by atoms with E-state index in [9.17, 15) is 0 Å². The van der Waals surface area contributed by atoms with Crippen LogP contribution >= 0.6 is 0 Å². The lowest BCUT2D eigenvalue weighted by Gasteiger charge is -2.35. The van der Waals surface area contributed by atoms with Crippen LogP contribution < -0.4 is 15.5 Å². The van der Waals surface area contributed by atoms with Crippen molar-refractivity contribution < 1.29 is 4.74 Å². The number of nitrogens with one attached hydrogen (secondary N) is 2. The number of ether oxygens (including phenoxy) is 1. The Morgan fingerprint density at radius 1 is 1.07 bits per heavy atom. The lowest BCUT2D eigenvalue weighted by molar-refractivity contribution is 0.121. The van der Waals surface area contributed by atoms with Crippen molar-refractivity contribution in [1.82, 2.24) is 15.5 Å². The number of likely N-dealkylation sites (tertiary alicyclic amines) is 1. The van der Waals surface area contributed by atoms with Crippen LogP contribution in [0, 0.1) is 5.92 Å². The molecule has 28 heavy (non-hydrogen) atoms. The second-order valence-corrected chi connectivity index (χ2v) is 7.97. The van der Waals surface area contributed by atoms with E-state index in [4.69, 9.17) is 4.74 Å². The molecule has 3 rings (SSSR count). The van der Waals surface area contributed by atoms with Gasteiger partial charge in [0.05, 0.1) is 6.61 Å². The van der Waals surface area contributed by atoms with Crippen LogP contribution in [-0.4, -0.2) is 76.9 Å². The Balaban J connectivity index is 1.34. The molecule has 2 fully saturated rings. The first-order chi connectivity index (χ1) is 13.8. The van der Waals surface area contributed by atoms with Gasteiger partial charge in [-0.1, -0.05) is 18.2 Å². The number of guanidine groups is 1. The first-order valence-electron chi connectivity index (χ1n) is 10.8. The van der Waals surface area contributed by atoms with Gasteiger partial charge in [0.15, 0.2) is 5.96 Å². The Kier molecular flexibility index (Phi) is 8.42. The molecular weight excluding hydrogens is 350 g/mol. The van der Waals surface area contributed by atoms with Crippen LogP contribution in [-0.2, 0) is 4.74 Å². The second-order valence-electron chi connectivity index (χ2n) is 7.97. The van der Waals surface area contributed by atoms with Crippen molar-refractivity contribution in [2.45, 2.75) is 31.7 Å². The van der Waals surface area contributed by atoms with Gasteiger partial charge in [-0.25, -0.2) is 0 Å². The summed E-state index contributed by atoms with van der Waals surface area (Å²) in [5, 5.41) is 7.21. The van der Waals surface area contributed by atoms with Gasteiger partial charge in [-0.15, -0.1) is 0 Å². The van der Waals surface area contributed by atoms with Crippen LogP contribution in [0.25, 0.3) is 0 Å². The predicted octanol–water partition coefficient (Wildman–Crippen LogP) is 2.18. The number of piperidine rings is 2. The van der Waals surface area contributed by atoms with Gasteiger partial charge < -0.3 is 25.2 Å². The summed E-state index contributed by atoms with van der Waals surface area (Å²) in [6.45, 7) is 7.46. The lowest BCUT2D eigenvalue weighted by atomic mass is 9.97. The molecule has 0 saturated carbocycles. The van der Waals surface area contributed by atoms with E-state index in [0.717, 1.165) is 57.5 Å². The van der Waals surface area contributed by atoms with E-state index in [1.165, 1.54) is 31.6 Å². The number of para-hydroxylation sites is 1. The van der Waals surface area contributed by atoms with Crippen molar-refractivity contribution in [3.05, 3.63) is 30.3 Å². The van der Waals surface area contributed by atoms with Crippen molar-refractivity contribution in [1.29, 1.82) is 0 Å². The van der Waals surface area contributed by atoms with Gasteiger partial charge in [0, 0.05) is 52.1 Å². The molecule has 1 aromatic rings. The zero-order valence-corrected chi connectivity index (χ0v) is 17.6. The SMILES string of the molecule is CN=C(NCC1CCN(CCOC)CC1)NC1CCN(c2ccccc2)CC1. The Hall–Kier alpha value is -1.79. The zero-order chi connectivity index (χ0) is 19.6. The summed E-state index contributed by atoms with van der Waals surface area (Å²) >= 11 is 0. The summed E-state index contributed by atoms with van der Waals surface area (Å²) in [4.78, 5) is 9.44. The minimum Gasteiger partial charge on any atom is -0.383 e. The molecule has 156 valence electrons. The highest BCUT2D eigenvalue weighted by Gasteiger charge is 2.22. The standard InChI is InChI=1S/C22H37N5O/c1-23-22(24-18-19-8-12-26(13-9-19)16-17-28-2)25-20-10-14-27(15-11-20)21-6-4-3-5-7-21/h3-7,19-20H,8-18H2,1-2H3,(H2,23,24,25). The number of hydrogen-bond donors (Lipinski definition) is 2. The molecule has 0 spiro atoms. The summed E-state index contributed by atoms with van der Waals surface area (Å²) < 4.78 is 5.19. The van der Waals surface area contributed by atoms with Crippen LogP contribution in [0.3, 0.4) is 0 Å². The Morgan fingerprint density at radius 3 is 2.43 bits per heavy atom. The number of anilines is 1. The second kappa shape index (κ2) is 11.3. The first kappa shape index (κ1) is 20.9. The third-order valence-corrected chi connectivity index (χ3v) is 6.06. The maximum Gasteiger partial charge on any atom is 0.191 e. The van der Waals surface area contributed by atoms with Crippen molar-refractivity contribution in [3.8, 4) is 0 Å². The molecule has 0 aromatic heterocycles. The largest absolute Gasteiger partial charge is 0.383 e. The fourth-order valence-corrected chi connectivity index (χ4v) is 4.18. The van der Waals surface area contributed by atoms with Gasteiger partial charge in [0.25, 0.3) is 0 Å². The third-order valence-electron chi connectivity index (χ3n) is 6.06. The Labute approximate surface area is 170 Å². The molecule has 0 bridgehead atoms. The predicted molar refractivity (Wildman–Crippen MR) is 117 cm³/mol. The summed E-state index contributed by atoms with van der Waals surface area (Å²) in [5.74, 6) is 1.69. The molecule has 1 aromatic carbocycles. The molecule has 6 heteroatoms. The number of nitrogens with zero attached hydrogens (tertiary/aromatic N) is 3. The van der Waals surface area contributed by atoms with Gasteiger partial charge >= 0.3 is 0 Å². The van der Waals surface area contributed by atoms with Crippen LogP contribution in [0.5, 0.6) is 0 Å². The van der Waals surface area contributed by atoms with Gasteiger partial charge in [0.2, 0.25) is 0 Å². The van der Waals surface area contributed by atoms with Gasteiger partial charge in [-0.3, -0.25) is 4.99 Å². The maximum atomic E-state index is 5.19. The minimum absolute atomic E-state index is 0.502. The Morgan fingerprint density at radius 2 is 1.79 bits per heavy atom. The molecule has 0 atom stereocenters. The van der Waals surface area contributed by atoms with E-state index < -0.39 is 0 Å². The van der Waals surface area contributed by atoms with Crippen molar-refractivity contribution in [2.75, 3.05) is 64.9 Å². The number of aliphatic imine (C=N–C) groups is 1. The topological polar surface area (TPSA) is 52.1 Å². The van der Waals surface area contributed by atoms with Crippen LogP contribution in [0.15, 0.2) is 35.3 Å². The van der Waals surface area contributed by atoms with Crippen molar-refractivity contribution in [3.63, 3.8) is 0 Å². The van der Waals surface area contributed by atoms with E-state index >= 15 is 0 Å². The monoisotopic (exact) mass is 387 g/mol. The molecule has 2 N–H and O–H groups in total. The summed E-state index contributed by atoms with van der Waals surface area (Å²) in [6, 6.07) is 11.2. The quantitative estimate of drug-likeness (QED) is 0.555. The lowest BCUT2D eigenvalue weighted by Crippen LogP contribution is -2.50. The third kappa shape index (κ3) is 6.38. The van der Waals surface area contributed by atoms with E-state index in [-0.39, 0.29) is 0 Å². The van der Waals surface area contributed by atoms with Gasteiger partial charge in [0.1, 0.15) is 0 Å². The van der Waals surface area contributed by atoms with Gasteiger partial charge in [-0.05, 0) is 56.8 Å². The summed E-state index contributed by atoms with van der Waals surface area (Å²) in [6.07, 6.45) is 4.80. The number of rotatable bonds is 7. The molecule has 0 radical (unpaired) electrons. The van der Waals surface area contributed by atoms with E-state index in [0.29, 0.717) is 6.04 Å². The molecule has 0 amide bonds. The molecule has 2 aliphatic rings. The van der Waals surface area contributed by atoms with Crippen molar-refractivity contribution in [2.24, 2.45) is 10.9 Å². The molecule has 6 nitrogen and oxygen atoms in total.